The number of carbonyl (C=O) groups is 3. The van der Waals surface area contributed by atoms with E-state index in [2.05, 4.69) is 0 Å². The SMILES string of the molecule is CCOC(=O)CC[C@@H](C(=O)OCC)[C@@H](C)C(=O)OCC. The van der Waals surface area contributed by atoms with E-state index in [1.807, 2.05) is 0 Å². The summed E-state index contributed by atoms with van der Waals surface area (Å²) in [5, 5.41) is 0. The summed E-state index contributed by atoms with van der Waals surface area (Å²) in [5.41, 5.74) is 0. The van der Waals surface area contributed by atoms with Crippen molar-refractivity contribution in [1.82, 2.24) is 0 Å². The number of carbonyl (C=O) groups excluding carboxylic acids is 3. The van der Waals surface area contributed by atoms with Crippen molar-refractivity contribution in [3.63, 3.8) is 0 Å². The van der Waals surface area contributed by atoms with Gasteiger partial charge in [0.05, 0.1) is 31.7 Å². The van der Waals surface area contributed by atoms with Crippen LogP contribution in [0.15, 0.2) is 0 Å². The van der Waals surface area contributed by atoms with Crippen molar-refractivity contribution in [2.75, 3.05) is 19.8 Å². The van der Waals surface area contributed by atoms with Crippen molar-refractivity contribution in [1.29, 1.82) is 0 Å². The first-order chi connectivity index (χ1) is 9.47. The molecule has 0 bridgehead atoms. The van der Waals surface area contributed by atoms with Crippen LogP contribution in [0.1, 0.15) is 40.5 Å². The number of hydrogen-bond donors (Lipinski definition) is 0. The van der Waals surface area contributed by atoms with Crippen molar-refractivity contribution in [2.45, 2.75) is 40.5 Å². The molecule has 0 saturated heterocycles. The summed E-state index contributed by atoms with van der Waals surface area (Å²) < 4.78 is 14.7. The molecule has 0 fully saturated rings. The van der Waals surface area contributed by atoms with Gasteiger partial charge in [0.25, 0.3) is 0 Å². The predicted octanol–water partition coefficient (Wildman–Crippen LogP) is 1.71. The minimum absolute atomic E-state index is 0.0705. The van der Waals surface area contributed by atoms with Crippen LogP contribution in [0.25, 0.3) is 0 Å². The molecule has 116 valence electrons. The van der Waals surface area contributed by atoms with Gasteiger partial charge < -0.3 is 14.2 Å². The predicted molar refractivity (Wildman–Crippen MR) is 71.8 cm³/mol. The number of hydrogen-bond acceptors (Lipinski definition) is 6. The second-order valence-electron chi connectivity index (χ2n) is 4.24. The van der Waals surface area contributed by atoms with Gasteiger partial charge in [0, 0.05) is 6.42 Å². The lowest BCUT2D eigenvalue weighted by molar-refractivity contribution is -0.160. The van der Waals surface area contributed by atoms with Gasteiger partial charge >= 0.3 is 17.9 Å². The Balaban J connectivity index is 4.67. The fraction of sp³-hybridized carbons (Fsp3) is 0.786. The van der Waals surface area contributed by atoms with Crippen LogP contribution in [-0.2, 0) is 28.6 Å². The number of rotatable bonds is 9. The minimum atomic E-state index is -0.696. The maximum atomic E-state index is 11.9. The highest BCUT2D eigenvalue weighted by molar-refractivity contribution is 5.82. The lowest BCUT2D eigenvalue weighted by Gasteiger charge is -2.20. The van der Waals surface area contributed by atoms with E-state index >= 15 is 0 Å². The Hall–Kier alpha value is -1.59. The van der Waals surface area contributed by atoms with Crippen molar-refractivity contribution in [3.8, 4) is 0 Å². The van der Waals surface area contributed by atoms with Gasteiger partial charge in [-0.3, -0.25) is 14.4 Å². The van der Waals surface area contributed by atoms with Crippen LogP contribution < -0.4 is 0 Å². The van der Waals surface area contributed by atoms with Crippen molar-refractivity contribution >= 4 is 17.9 Å². The first kappa shape index (κ1) is 18.4. The Morgan fingerprint density at radius 3 is 1.85 bits per heavy atom. The maximum absolute atomic E-state index is 11.9. The van der Waals surface area contributed by atoms with Crippen molar-refractivity contribution in [3.05, 3.63) is 0 Å². The third kappa shape index (κ3) is 6.54. The largest absolute Gasteiger partial charge is 0.466 e. The minimum Gasteiger partial charge on any atom is -0.466 e. The quantitative estimate of drug-likeness (QED) is 0.474. The smallest absolute Gasteiger partial charge is 0.309 e. The van der Waals surface area contributed by atoms with E-state index in [1.165, 1.54) is 0 Å². The van der Waals surface area contributed by atoms with Crippen LogP contribution in [0.4, 0.5) is 0 Å². The Kier molecular flexibility index (Phi) is 9.41. The molecule has 0 N–H and O–H groups in total. The summed E-state index contributed by atoms with van der Waals surface area (Å²) in [6.07, 6.45) is 0.277. The Morgan fingerprint density at radius 2 is 1.35 bits per heavy atom. The zero-order valence-electron chi connectivity index (χ0n) is 12.6. The molecule has 0 aromatic carbocycles. The number of esters is 3. The van der Waals surface area contributed by atoms with Gasteiger partial charge in [-0.25, -0.2) is 0 Å². The van der Waals surface area contributed by atoms with Crippen LogP contribution in [-0.4, -0.2) is 37.7 Å². The average molecular weight is 288 g/mol. The molecular weight excluding hydrogens is 264 g/mol. The van der Waals surface area contributed by atoms with Crippen LogP contribution in [0, 0.1) is 11.8 Å². The first-order valence-corrected chi connectivity index (χ1v) is 6.96. The highest BCUT2D eigenvalue weighted by Gasteiger charge is 2.32. The molecule has 0 aromatic heterocycles. The summed E-state index contributed by atoms with van der Waals surface area (Å²) in [6, 6.07) is 0. The molecular formula is C14H24O6. The lowest BCUT2D eigenvalue weighted by atomic mass is 9.89. The van der Waals surface area contributed by atoms with E-state index in [1.54, 1.807) is 27.7 Å². The fourth-order valence-electron chi connectivity index (χ4n) is 1.77. The zero-order chi connectivity index (χ0) is 15.5. The molecule has 0 unspecified atom stereocenters. The van der Waals surface area contributed by atoms with Gasteiger partial charge in [-0.2, -0.15) is 0 Å². The molecule has 0 aliphatic rings. The summed E-state index contributed by atoms with van der Waals surface area (Å²) in [6.45, 7) is 7.46. The van der Waals surface area contributed by atoms with Gasteiger partial charge in [0.1, 0.15) is 0 Å². The van der Waals surface area contributed by atoms with Crippen LogP contribution in [0.5, 0.6) is 0 Å². The normalized spacial score (nSPS) is 13.2. The average Bonchev–Trinajstić information content (AvgIpc) is 2.39. The highest BCUT2D eigenvalue weighted by atomic mass is 16.5. The topological polar surface area (TPSA) is 78.9 Å². The molecule has 0 spiro atoms. The van der Waals surface area contributed by atoms with E-state index in [0.717, 1.165) is 0 Å². The van der Waals surface area contributed by atoms with Crippen LogP contribution in [0.2, 0.25) is 0 Å². The summed E-state index contributed by atoms with van der Waals surface area (Å²) in [5.74, 6) is -2.69. The van der Waals surface area contributed by atoms with Crippen molar-refractivity contribution < 1.29 is 28.6 Å². The standard InChI is InChI=1S/C14H24O6/c1-5-18-12(15)9-8-11(14(17)20-7-3)10(4)13(16)19-6-2/h10-11H,5-9H2,1-4H3/t10-,11-/m1/s1. The Labute approximate surface area is 119 Å². The Bertz CT molecular complexity index is 326. The van der Waals surface area contributed by atoms with E-state index < -0.39 is 29.7 Å². The molecule has 6 nitrogen and oxygen atoms in total. The number of ether oxygens (including phenoxy) is 3. The third-order valence-electron chi connectivity index (χ3n) is 2.82. The lowest BCUT2D eigenvalue weighted by Crippen LogP contribution is -2.31. The van der Waals surface area contributed by atoms with Crippen molar-refractivity contribution in [2.24, 2.45) is 11.8 Å². The van der Waals surface area contributed by atoms with Gasteiger partial charge in [0.15, 0.2) is 0 Å². The van der Waals surface area contributed by atoms with Gasteiger partial charge in [-0.05, 0) is 27.2 Å². The summed E-state index contributed by atoms with van der Waals surface area (Å²) in [4.78, 5) is 35.0. The maximum Gasteiger partial charge on any atom is 0.309 e. The van der Waals surface area contributed by atoms with E-state index in [-0.39, 0.29) is 32.7 Å². The zero-order valence-corrected chi connectivity index (χ0v) is 12.6. The highest BCUT2D eigenvalue weighted by Crippen LogP contribution is 2.21. The molecule has 20 heavy (non-hydrogen) atoms. The summed E-state index contributed by atoms with van der Waals surface area (Å²) in [7, 11) is 0. The Morgan fingerprint density at radius 1 is 0.850 bits per heavy atom. The second-order valence-corrected chi connectivity index (χ2v) is 4.24. The van der Waals surface area contributed by atoms with Gasteiger partial charge in [-0.15, -0.1) is 0 Å². The molecule has 0 amide bonds. The van der Waals surface area contributed by atoms with E-state index in [4.69, 9.17) is 14.2 Å². The van der Waals surface area contributed by atoms with Gasteiger partial charge in [0.2, 0.25) is 0 Å². The third-order valence-corrected chi connectivity index (χ3v) is 2.82. The molecule has 0 aromatic rings. The molecule has 0 heterocycles. The second kappa shape index (κ2) is 10.2. The summed E-state index contributed by atoms with van der Waals surface area (Å²) >= 11 is 0. The molecule has 0 rings (SSSR count). The van der Waals surface area contributed by atoms with Crippen LogP contribution in [0.3, 0.4) is 0 Å². The molecule has 0 aliphatic carbocycles. The van der Waals surface area contributed by atoms with Gasteiger partial charge in [-0.1, -0.05) is 6.92 Å². The molecule has 0 radical (unpaired) electrons. The van der Waals surface area contributed by atoms with Crippen LogP contribution >= 0.6 is 0 Å². The molecule has 0 aliphatic heterocycles. The van der Waals surface area contributed by atoms with E-state index in [0.29, 0.717) is 0 Å². The molecule has 2 atom stereocenters. The monoisotopic (exact) mass is 288 g/mol. The fourth-order valence-corrected chi connectivity index (χ4v) is 1.77. The molecule has 6 heteroatoms. The first-order valence-electron chi connectivity index (χ1n) is 6.96. The molecule has 0 saturated carbocycles. The van der Waals surface area contributed by atoms with E-state index in [9.17, 15) is 14.4 Å².